The summed E-state index contributed by atoms with van der Waals surface area (Å²) in [4.78, 5) is 12.3. The standard InChI is InChI=1S/C17H23NOS/c1-12(20-16-7-2-3-8-16)17(19)18-15-10-9-13-5-4-6-14(13)11-15/h9-12,16H,2-8H2,1H3,(H,18,19)/t12-/m1/s1. The predicted octanol–water partition coefficient (Wildman–Crippen LogP) is 4.18. The van der Waals surface area contributed by atoms with Crippen LogP contribution in [0.3, 0.4) is 0 Å². The lowest BCUT2D eigenvalue weighted by molar-refractivity contribution is -0.115. The highest BCUT2D eigenvalue weighted by atomic mass is 32.2. The normalized spacial score (nSPS) is 19.9. The molecule has 2 nitrogen and oxygen atoms in total. The highest BCUT2D eigenvalue weighted by Gasteiger charge is 2.22. The number of aryl methyl sites for hydroxylation is 2. The first-order chi connectivity index (χ1) is 9.72. The number of hydrogen-bond donors (Lipinski definition) is 1. The van der Waals surface area contributed by atoms with Crippen molar-refractivity contribution in [2.75, 3.05) is 5.32 Å². The average Bonchev–Trinajstić information content (AvgIpc) is 3.08. The Bertz CT molecular complexity index is 494. The highest BCUT2D eigenvalue weighted by molar-refractivity contribution is 8.01. The summed E-state index contributed by atoms with van der Waals surface area (Å²) in [6.07, 6.45) is 8.82. The topological polar surface area (TPSA) is 29.1 Å². The number of carbonyl (C=O) groups excluding carboxylic acids is 1. The van der Waals surface area contributed by atoms with Gasteiger partial charge in [0.15, 0.2) is 0 Å². The number of nitrogens with one attached hydrogen (secondary N) is 1. The van der Waals surface area contributed by atoms with Crippen molar-refractivity contribution in [2.45, 2.75) is 62.4 Å². The van der Waals surface area contributed by atoms with Gasteiger partial charge in [-0.3, -0.25) is 4.79 Å². The lowest BCUT2D eigenvalue weighted by Gasteiger charge is -2.16. The number of rotatable bonds is 4. The summed E-state index contributed by atoms with van der Waals surface area (Å²) in [5.41, 5.74) is 3.84. The van der Waals surface area contributed by atoms with Crippen LogP contribution in [0.5, 0.6) is 0 Å². The fraction of sp³-hybridized carbons (Fsp3) is 0.588. The van der Waals surface area contributed by atoms with E-state index in [-0.39, 0.29) is 11.2 Å². The van der Waals surface area contributed by atoms with Gasteiger partial charge in [-0.15, -0.1) is 11.8 Å². The van der Waals surface area contributed by atoms with Gasteiger partial charge < -0.3 is 5.32 Å². The first kappa shape index (κ1) is 14.0. The van der Waals surface area contributed by atoms with E-state index in [4.69, 9.17) is 0 Å². The van der Waals surface area contributed by atoms with Crippen LogP contribution in [0.1, 0.15) is 50.2 Å². The lowest BCUT2D eigenvalue weighted by atomic mass is 10.1. The van der Waals surface area contributed by atoms with Gasteiger partial charge in [-0.05, 0) is 62.3 Å². The Morgan fingerprint density at radius 1 is 1.20 bits per heavy atom. The molecule has 3 rings (SSSR count). The van der Waals surface area contributed by atoms with Crippen LogP contribution in [0.15, 0.2) is 18.2 Å². The molecule has 0 aromatic heterocycles. The molecule has 108 valence electrons. The second-order valence-corrected chi connectivity index (χ2v) is 7.66. The zero-order chi connectivity index (χ0) is 13.9. The molecule has 2 aliphatic carbocycles. The van der Waals surface area contributed by atoms with Crippen LogP contribution >= 0.6 is 11.8 Å². The summed E-state index contributed by atoms with van der Waals surface area (Å²) in [6.45, 7) is 2.03. The molecule has 0 heterocycles. The van der Waals surface area contributed by atoms with Crippen LogP contribution in [0, 0.1) is 0 Å². The summed E-state index contributed by atoms with van der Waals surface area (Å²) in [5, 5.41) is 3.82. The number of fused-ring (bicyclic) bond motifs is 1. The SMILES string of the molecule is C[C@@H](SC1CCCC1)C(=O)Nc1ccc2c(c1)CCC2. The van der Waals surface area contributed by atoms with Crippen molar-refractivity contribution in [3.63, 3.8) is 0 Å². The van der Waals surface area contributed by atoms with E-state index >= 15 is 0 Å². The van der Waals surface area contributed by atoms with Gasteiger partial charge in [0.2, 0.25) is 5.91 Å². The molecule has 0 radical (unpaired) electrons. The van der Waals surface area contributed by atoms with Gasteiger partial charge in [0.05, 0.1) is 5.25 Å². The Kier molecular flexibility index (Phi) is 4.35. The monoisotopic (exact) mass is 289 g/mol. The maximum absolute atomic E-state index is 12.3. The third-order valence-electron chi connectivity index (χ3n) is 4.43. The fourth-order valence-corrected chi connectivity index (χ4v) is 4.63. The van der Waals surface area contributed by atoms with Gasteiger partial charge in [0.1, 0.15) is 0 Å². The number of benzene rings is 1. The molecule has 0 saturated heterocycles. The minimum Gasteiger partial charge on any atom is -0.325 e. The summed E-state index contributed by atoms with van der Waals surface area (Å²) >= 11 is 1.85. The first-order valence-corrected chi connectivity index (χ1v) is 8.75. The van der Waals surface area contributed by atoms with E-state index < -0.39 is 0 Å². The Morgan fingerprint density at radius 2 is 1.95 bits per heavy atom. The summed E-state index contributed by atoms with van der Waals surface area (Å²) in [7, 11) is 0. The van der Waals surface area contributed by atoms with Crippen LogP contribution in [0.2, 0.25) is 0 Å². The molecular formula is C17H23NOS. The number of amides is 1. The molecule has 2 aliphatic rings. The second kappa shape index (κ2) is 6.21. The van der Waals surface area contributed by atoms with Crippen molar-refractivity contribution in [1.29, 1.82) is 0 Å². The summed E-state index contributed by atoms with van der Waals surface area (Å²) in [5.74, 6) is 0.153. The van der Waals surface area contributed by atoms with Crippen LogP contribution in [0.4, 0.5) is 5.69 Å². The number of hydrogen-bond acceptors (Lipinski definition) is 2. The van der Waals surface area contributed by atoms with Crippen molar-refractivity contribution in [3.05, 3.63) is 29.3 Å². The van der Waals surface area contributed by atoms with Crippen molar-refractivity contribution in [2.24, 2.45) is 0 Å². The Labute approximate surface area is 125 Å². The van der Waals surface area contributed by atoms with E-state index in [1.807, 2.05) is 18.7 Å². The minimum absolute atomic E-state index is 0.0476. The Morgan fingerprint density at radius 3 is 2.75 bits per heavy atom. The van der Waals surface area contributed by atoms with E-state index in [1.54, 1.807) is 0 Å². The van der Waals surface area contributed by atoms with E-state index in [0.717, 1.165) is 12.1 Å². The molecular weight excluding hydrogens is 266 g/mol. The number of anilines is 1. The molecule has 1 aromatic carbocycles. The van der Waals surface area contributed by atoms with Crippen molar-refractivity contribution >= 4 is 23.4 Å². The number of thioether (sulfide) groups is 1. The molecule has 0 bridgehead atoms. The molecule has 1 N–H and O–H groups in total. The van der Waals surface area contributed by atoms with Gasteiger partial charge in [-0.1, -0.05) is 18.9 Å². The van der Waals surface area contributed by atoms with Crippen LogP contribution < -0.4 is 5.32 Å². The van der Waals surface area contributed by atoms with E-state index in [9.17, 15) is 4.79 Å². The third-order valence-corrected chi connectivity index (χ3v) is 5.91. The summed E-state index contributed by atoms with van der Waals surface area (Å²) < 4.78 is 0. The molecule has 1 saturated carbocycles. The zero-order valence-electron chi connectivity index (χ0n) is 12.2. The quantitative estimate of drug-likeness (QED) is 0.901. The fourth-order valence-electron chi connectivity index (χ4n) is 3.27. The molecule has 0 spiro atoms. The van der Waals surface area contributed by atoms with E-state index in [0.29, 0.717) is 5.25 Å². The van der Waals surface area contributed by atoms with E-state index in [1.165, 1.54) is 49.7 Å². The van der Waals surface area contributed by atoms with Crippen molar-refractivity contribution in [3.8, 4) is 0 Å². The van der Waals surface area contributed by atoms with Gasteiger partial charge in [0.25, 0.3) is 0 Å². The molecule has 3 heteroatoms. The number of carbonyl (C=O) groups is 1. The van der Waals surface area contributed by atoms with Gasteiger partial charge in [0, 0.05) is 10.9 Å². The smallest absolute Gasteiger partial charge is 0.237 e. The second-order valence-electron chi connectivity index (χ2n) is 6.01. The summed E-state index contributed by atoms with van der Waals surface area (Å²) in [6, 6.07) is 6.38. The highest BCUT2D eigenvalue weighted by Crippen LogP contribution is 2.32. The molecule has 1 amide bonds. The maximum atomic E-state index is 12.3. The van der Waals surface area contributed by atoms with Crippen LogP contribution in [-0.4, -0.2) is 16.4 Å². The largest absolute Gasteiger partial charge is 0.325 e. The van der Waals surface area contributed by atoms with Crippen molar-refractivity contribution in [1.82, 2.24) is 0 Å². The molecule has 1 aromatic rings. The van der Waals surface area contributed by atoms with Gasteiger partial charge >= 0.3 is 0 Å². The van der Waals surface area contributed by atoms with Gasteiger partial charge in [-0.25, -0.2) is 0 Å². The molecule has 1 atom stereocenters. The molecule has 0 aliphatic heterocycles. The third kappa shape index (κ3) is 3.20. The van der Waals surface area contributed by atoms with E-state index in [2.05, 4.69) is 23.5 Å². The van der Waals surface area contributed by atoms with Crippen LogP contribution in [-0.2, 0) is 17.6 Å². The first-order valence-electron chi connectivity index (χ1n) is 7.80. The Balaban J connectivity index is 1.57. The zero-order valence-corrected chi connectivity index (χ0v) is 13.0. The predicted molar refractivity (Wildman–Crippen MR) is 86.4 cm³/mol. The maximum Gasteiger partial charge on any atom is 0.237 e. The minimum atomic E-state index is 0.0476. The van der Waals surface area contributed by atoms with Gasteiger partial charge in [-0.2, -0.15) is 0 Å². The van der Waals surface area contributed by atoms with Crippen LogP contribution in [0.25, 0.3) is 0 Å². The Hall–Kier alpha value is -0.960. The molecule has 1 fully saturated rings. The molecule has 20 heavy (non-hydrogen) atoms. The lowest BCUT2D eigenvalue weighted by Crippen LogP contribution is -2.24. The van der Waals surface area contributed by atoms with Crippen molar-refractivity contribution < 1.29 is 4.79 Å². The molecule has 0 unspecified atom stereocenters. The average molecular weight is 289 g/mol.